The zero-order chi connectivity index (χ0) is 25.1. The van der Waals surface area contributed by atoms with Gasteiger partial charge in [-0.1, -0.05) is 60.1 Å². The standard InChI is InChI=1S/C26H30BrN3O4S/c1-13(2)18(12-31)30-22(24(33)29-16-9-8-14-6-4-5-7-15(14)10-16)26-11-17(27)21(35-26)19(23(32)28-3)20(26)25(30)34/h4-10,13,17-22,31H,11-12H2,1-3H3,(H,28,32)(H,29,33)/t17?,18-,19+,20-,21+,22?,26?/m0/s1. The molecule has 3 N–H and O–H groups in total. The maximum Gasteiger partial charge on any atom is 0.248 e. The second-order valence-corrected chi connectivity index (χ2v) is 12.8. The Morgan fingerprint density at radius 2 is 1.91 bits per heavy atom. The van der Waals surface area contributed by atoms with Crippen LogP contribution >= 0.6 is 27.7 Å². The van der Waals surface area contributed by atoms with Crippen LogP contribution in [0, 0.1) is 17.8 Å². The Kier molecular flexibility index (Phi) is 6.38. The number of thioether (sulfide) groups is 1. The summed E-state index contributed by atoms with van der Waals surface area (Å²) in [6, 6.07) is 12.4. The average Bonchev–Trinajstić information content (AvgIpc) is 3.42. The van der Waals surface area contributed by atoms with Crippen molar-refractivity contribution in [3.63, 3.8) is 0 Å². The van der Waals surface area contributed by atoms with Gasteiger partial charge in [-0.25, -0.2) is 0 Å². The molecule has 7 nitrogen and oxygen atoms in total. The number of benzene rings is 2. The highest BCUT2D eigenvalue weighted by molar-refractivity contribution is 9.09. The molecule has 7 atom stereocenters. The Morgan fingerprint density at radius 3 is 2.57 bits per heavy atom. The van der Waals surface area contributed by atoms with E-state index in [1.54, 1.807) is 23.7 Å². The van der Waals surface area contributed by atoms with Crippen LogP contribution < -0.4 is 10.6 Å². The highest BCUT2D eigenvalue weighted by Crippen LogP contribution is 2.68. The number of nitrogens with one attached hydrogen (secondary N) is 2. The number of halogens is 1. The van der Waals surface area contributed by atoms with E-state index in [9.17, 15) is 19.5 Å². The molecule has 3 heterocycles. The summed E-state index contributed by atoms with van der Waals surface area (Å²) in [5, 5.41) is 18.0. The van der Waals surface area contributed by atoms with Crippen molar-refractivity contribution in [3.8, 4) is 0 Å². The minimum absolute atomic E-state index is 0.0152. The lowest BCUT2D eigenvalue weighted by Crippen LogP contribution is -2.56. The maximum atomic E-state index is 14.0. The van der Waals surface area contributed by atoms with Gasteiger partial charge in [0.15, 0.2) is 0 Å². The highest BCUT2D eigenvalue weighted by atomic mass is 79.9. The molecular weight excluding hydrogens is 530 g/mol. The number of nitrogens with zero attached hydrogens (tertiary/aromatic N) is 1. The summed E-state index contributed by atoms with van der Waals surface area (Å²) < 4.78 is -0.740. The lowest BCUT2D eigenvalue weighted by Gasteiger charge is -2.38. The van der Waals surface area contributed by atoms with E-state index >= 15 is 0 Å². The van der Waals surface area contributed by atoms with Gasteiger partial charge in [0.05, 0.1) is 29.2 Å². The van der Waals surface area contributed by atoms with Gasteiger partial charge in [-0.15, -0.1) is 11.8 Å². The van der Waals surface area contributed by atoms with Crippen LogP contribution in [-0.2, 0) is 14.4 Å². The van der Waals surface area contributed by atoms with Crippen LogP contribution in [-0.4, -0.2) is 68.3 Å². The number of carbonyl (C=O) groups excluding carboxylic acids is 3. The van der Waals surface area contributed by atoms with Gasteiger partial charge >= 0.3 is 0 Å². The molecule has 3 amide bonds. The number of hydrogen-bond donors (Lipinski definition) is 3. The van der Waals surface area contributed by atoms with Crippen LogP contribution in [0.5, 0.6) is 0 Å². The van der Waals surface area contributed by atoms with Crippen molar-refractivity contribution in [3.05, 3.63) is 42.5 Å². The van der Waals surface area contributed by atoms with Gasteiger partial charge in [0.2, 0.25) is 17.7 Å². The lowest BCUT2D eigenvalue weighted by molar-refractivity contribution is -0.142. The predicted molar refractivity (Wildman–Crippen MR) is 141 cm³/mol. The molecule has 0 saturated carbocycles. The number of hydrogen-bond acceptors (Lipinski definition) is 5. The summed E-state index contributed by atoms with van der Waals surface area (Å²) in [5.74, 6) is -1.85. The Labute approximate surface area is 217 Å². The zero-order valence-electron chi connectivity index (χ0n) is 19.9. The van der Waals surface area contributed by atoms with Gasteiger partial charge < -0.3 is 20.6 Å². The number of aliphatic hydroxyl groups excluding tert-OH is 1. The van der Waals surface area contributed by atoms with E-state index in [1.165, 1.54) is 0 Å². The Balaban J connectivity index is 1.57. The molecule has 3 fully saturated rings. The minimum Gasteiger partial charge on any atom is -0.394 e. The third-order valence-electron chi connectivity index (χ3n) is 7.86. The summed E-state index contributed by atoms with van der Waals surface area (Å²) in [6.07, 6.45) is 0.606. The van der Waals surface area contributed by atoms with Gasteiger partial charge in [0, 0.05) is 22.8 Å². The maximum absolute atomic E-state index is 14.0. The molecule has 2 aromatic carbocycles. The van der Waals surface area contributed by atoms with E-state index in [0.717, 1.165) is 10.8 Å². The Bertz CT molecular complexity index is 1190. The van der Waals surface area contributed by atoms with Crippen molar-refractivity contribution in [2.24, 2.45) is 17.8 Å². The molecule has 0 aromatic heterocycles. The van der Waals surface area contributed by atoms with Crippen molar-refractivity contribution in [2.75, 3.05) is 19.0 Å². The third-order valence-corrected chi connectivity index (χ3v) is 11.1. The first-order chi connectivity index (χ1) is 16.7. The van der Waals surface area contributed by atoms with Crippen molar-refractivity contribution in [1.82, 2.24) is 10.2 Å². The third kappa shape index (κ3) is 3.69. The van der Waals surface area contributed by atoms with E-state index in [1.807, 2.05) is 56.3 Å². The lowest BCUT2D eigenvalue weighted by atomic mass is 9.70. The van der Waals surface area contributed by atoms with Gasteiger partial charge in [0.25, 0.3) is 0 Å². The molecule has 3 aliphatic heterocycles. The zero-order valence-corrected chi connectivity index (χ0v) is 22.3. The van der Waals surface area contributed by atoms with Gasteiger partial charge in [0.1, 0.15) is 6.04 Å². The van der Waals surface area contributed by atoms with Crippen molar-refractivity contribution in [1.29, 1.82) is 0 Å². The largest absolute Gasteiger partial charge is 0.394 e. The van der Waals surface area contributed by atoms with E-state index < -0.39 is 28.7 Å². The number of carbonyl (C=O) groups is 3. The van der Waals surface area contributed by atoms with Crippen molar-refractivity contribution >= 4 is 61.9 Å². The SMILES string of the molecule is CNC(=O)[C@H]1[C@@H]2SC3(CC2Br)C(C(=O)Nc2ccc4ccccc4c2)N([C@@H](CO)C(C)C)C(=O)[C@H]13. The molecule has 9 heteroatoms. The van der Waals surface area contributed by atoms with Gasteiger partial charge in [-0.05, 0) is 35.2 Å². The van der Waals surface area contributed by atoms with Crippen LogP contribution in [0.3, 0.4) is 0 Å². The fraction of sp³-hybridized carbons (Fsp3) is 0.500. The number of rotatable bonds is 6. The molecule has 3 aliphatic rings. The van der Waals surface area contributed by atoms with Crippen LogP contribution in [0.1, 0.15) is 20.3 Å². The number of amides is 3. The summed E-state index contributed by atoms with van der Waals surface area (Å²) in [6.45, 7) is 3.63. The van der Waals surface area contributed by atoms with Crippen LogP contribution in [0.2, 0.25) is 0 Å². The molecule has 186 valence electrons. The number of fused-ring (bicyclic) bond motifs is 2. The normalized spacial score (nSPS) is 32.2. The second kappa shape index (κ2) is 9.09. The fourth-order valence-corrected chi connectivity index (χ4v) is 9.89. The van der Waals surface area contributed by atoms with E-state index in [4.69, 9.17) is 0 Å². The van der Waals surface area contributed by atoms with Crippen LogP contribution in [0.25, 0.3) is 10.8 Å². The van der Waals surface area contributed by atoms with E-state index in [0.29, 0.717) is 12.1 Å². The average molecular weight is 561 g/mol. The number of alkyl halides is 1. The highest BCUT2D eigenvalue weighted by Gasteiger charge is 2.76. The summed E-state index contributed by atoms with van der Waals surface area (Å²) >= 11 is 5.34. The van der Waals surface area contributed by atoms with Gasteiger partial charge in [-0.2, -0.15) is 0 Å². The van der Waals surface area contributed by atoms with Crippen molar-refractivity contribution < 1.29 is 19.5 Å². The Morgan fingerprint density at radius 1 is 1.20 bits per heavy atom. The summed E-state index contributed by atoms with van der Waals surface area (Å²) in [5.41, 5.74) is 0.654. The first-order valence-corrected chi connectivity index (χ1v) is 13.8. The molecule has 2 aromatic rings. The van der Waals surface area contributed by atoms with Gasteiger partial charge in [-0.3, -0.25) is 14.4 Å². The summed E-state index contributed by atoms with van der Waals surface area (Å²) in [7, 11) is 1.58. The molecule has 0 aliphatic carbocycles. The molecule has 5 rings (SSSR count). The minimum atomic E-state index is -0.796. The molecule has 0 radical (unpaired) electrons. The van der Waals surface area contributed by atoms with Crippen LogP contribution in [0.15, 0.2) is 42.5 Å². The van der Waals surface area contributed by atoms with Crippen LogP contribution in [0.4, 0.5) is 5.69 Å². The number of anilines is 1. The molecular formula is C26H30BrN3O4S. The monoisotopic (exact) mass is 559 g/mol. The van der Waals surface area contributed by atoms with Crippen molar-refractivity contribution in [2.45, 2.75) is 47.2 Å². The predicted octanol–water partition coefficient (Wildman–Crippen LogP) is 3.01. The van der Waals surface area contributed by atoms with E-state index in [2.05, 4.69) is 26.6 Å². The number of aliphatic hydroxyl groups is 1. The Hall–Kier alpha value is -2.10. The first kappa shape index (κ1) is 24.6. The first-order valence-electron chi connectivity index (χ1n) is 12.0. The molecule has 35 heavy (non-hydrogen) atoms. The smallest absolute Gasteiger partial charge is 0.248 e. The molecule has 2 bridgehead atoms. The quantitative estimate of drug-likeness (QED) is 0.472. The molecule has 1 spiro atoms. The second-order valence-electron chi connectivity index (χ2n) is 10.1. The number of likely N-dealkylation sites (tertiary alicyclic amines) is 1. The fourth-order valence-electron chi connectivity index (χ4n) is 6.29. The van der Waals surface area contributed by atoms with E-state index in [-0.39, 0.29) is 40.3 Å². The summed E-state index contributed by atoms with van der Waals surface area (Å²) in [4.78, 5) is 42.5. The molecule has 3 unspecified atom stereocenters. The molecule has 3 saturated heterocycles. The topological polar surface area (TPSA) is 98.7 Å².